The lowest BCUT2D eigenvalue weighted by molar-refractivity contribution is 1.12. The molecule has 0 amide bonds. The number of aromatic nitrogens is 3. The van der Waals surface area contributed by atoms with Crippen molar-refractivity contribution >= 4 is 27.5 Å². The average Bonchev–Trinajstić information content (AvgIpc) is 3.00. The first kappa shape index (κ1) is 11.9. The molecule has 0 radical (unpaired) electrons. The van der Waals surface area contributed by atoms with Gasteiger partial charge in [-0.05, 0) is 29.8 Å². The number of nitrogens with one attached hydrogen (secondary N) is 2. The highest BCUT2D eigenvalue weighted by Gasteiger charge is 2.02. The maximum absolute atomic E-state index is 4.48. The molecule has 0 spiro atoms. The number of nitrogens with zero attached hydrogens (tertiary/aromatic N) is 2. The molecule has 4 nitrogen and oxygen atoms in total. The van der Waals surface area contributed by atoms with Crippen molar-refractivity contribution in [1.29, 1.82) is 0 Å². The van der Waals surface area contributed by atoms with Gasteiger partial charge in [-0.2, -0.15) is 5.10 Å². The second-order valence-corrected chi connectivity index (χ2v) is 5.02. The number of para-hydroxylation sites is 1. The van der Waals surface area contributed by atoms with Crippen LogP contribution in [-0.2, 0) is 6.54 Å². The monoisotopic (exact) mass is 274 g/mol. The molecule has 4 aromatic rings. The Labute approximate surface area is 121 Å². The van der Waals surface area contributed by atoms with Crippen molar-refractivity contribution in [3.8, 4) is 0 Å². The van der Waals surface area contributed by atoms with Crippen LogP contribution in [0.4, 0.5) is 5.69 Å². The first-order valence-electron chi connectivity index (χ1n) is 6.90. The van der Waals surface area contributed by atoms with Crippen LogP contribution in [0, 0.1) is 0 Å². The summed E-state index contributed by atoms with van der Waals surface area (Å²) in [5.74, 6) is 0. The zero-order valence-corrected chi connectivity index (χ0v) is 11.4. The molecule has 102 valence electrons. The Kier molecular flexibility index (Phi) is 2.78. The summed E-state index contributed by atoms with van der Waals surface area (Å²) in [6.45, 7) is 0.748. The van der Waals surface area contributed by atoms with Crippen LogP contribution >= 0.6 is 0 Å². The summed E-state index contributed by atoms with van der Waals surface area (Å²) in [6, 6.07) is 16.5. The molecule has 2 aromatic heterocycles. The summed E-state index contributed by atoms with van der Waals surface area (Å²) in [7, 11) is 0. The highest BCUT2D eigenvalue weighted by Crippen LogP contribution is 2.20. The number of fused-ring (bicyclic) bond motifs is 2. The molecular formula is C17H14N4. The van der Waals surface area contributed by atoms with Gasteiger partial charge in [0.05, 0.1) is 17.2 Å². The molecule has 0 aliphatic heterocycles. The van der Waals surface area contributed by atoms with Gasteiger partial charge in [-0.15, -0.1) is 0 Å². The van der Waals surface area contributed by atoms with Gasteiger partial charge in [0.2, 0.25) is 0 Å². The lowest BCUT2D eigenvalue weighted by Crippen LogP contribution is -2.00. The van der Waals surface area contributed by atoms with E-state index < -0.39 is 0 Å². The Balaban J connectivity index is 1.63. The molecule has 0 aliphatic rings. The van der Waals surface area contributed by atoms with E-state index in [0.29, 0.717) is 0 Å². The van der Waals surface area contributed by atoms with E-state index in [4.69, 9.17) is 0 Å². The smallest absolute Gasteiger partial charge is 0.0751 e. The van der Waals surface area contributed by atoms with E-state index in [9.17, 15) is 0 Å². The fraction of sp³-hybridized carbons (Fsp3) is 0.0588. The molecule has 4 rings (SSSR count). The van der Waals surface area contributed by atoms with Crippen molar-refractivity contribution in [2.45, 2.75) is 6.54 Å². The quantitative estimate of drug-likeness (QED) is 0.598. The van der Waals surface area contributed by atoms with Crippen molar-refractivity contribution in [2.24, 2.45) is 0 Å². The lowest BCUT2D eigenvalue weighted by Gasteiger charge is -2.09. The van der Waals surface area contributed by atoms with Gasteiger partial charge in [0.25, 0.3) is 0 Å². The van der Waals surface area contributed by atoms with E-state index in [-0.39, 0.29) is 0 Å². The van der Waals surface area contributed by atoms with Crippen LogP contribution in [0.15, 0.2) is 60.9 Å². The summed E-state index contributed by atoms with van der Waals surface area (Å²) in [4.78, 5) is 4.48. The van der Waals surface area contributed by atoms with Crippen molar-refractivity contribution in [1.82, 2.24) is 15.2 Å². The van der Waals surface area contributed by atoms with Crippen LogP contribution in [0.25, 0.3) is 21.8 Å². The average molecular weight is 274 g/mol. The summed E-state index contributed by atoms with van der Waals surface area (Å²) < 4.78 is 0. The van der Waals surface area contributed by atoms with Gasteiger partial charge >= 0.3 is 0 Å². The summed E-state index contributed by atoms with van der Waals surface area (Å²) in [5.41, 5.74) is 4.38. The van der Waals surface area contributed by atoms with Gasteiger partial charge < -0.3 is 5.32 Å². The highest BCUT2D eigenvalue weighted by atomic mass is 15.1. The van der Waals surface area contributed by atoms with E-state index in [1.165, 1.54) is 10.9 Å². The molecule has 0 fully saturated rings. The van der Waals surface area contributed by atoms with Crippen molar-refractivity contribution in [2.75, 3.05) is 5.32 Å². The molecule has 4 heteroatoms. The molecule has 2 aromatic carbocycles. The van der Waals surface area contributed by atoms with Crippen LogP contribution in [0.2, 0.25) is 0 Å². The number of aromatic amines is 1. The van der Waals surface area contributed by atoms with E-state index in [2.05, 4.69) is 56.9 Å². The molecule has 0 unspecified atom stereocenters. The Morgan fingerprint density at radius 2 is 1.95 bits per heavy atom. The summed E-state index contributed by atoms with van der Waals surface area (Å²) >= 11 is 0. The Morgan fingerprint density at radius 3 is 2.95 bits per heavy atom. The third-order valence-corrected chi connectivity index (χ3v) is 3.64. The fourth-order valence-corrected chi connectivity index (χ4v) is 2.56. The predicted octanol–water partition coefficient (Wildman–Crippen LogP) is 3.72. The maximum atomic E-state index is 4.48. The molecule has 21 heavy (non-hydrogen) atoms. The maximum Gasteiger partial charge on any atom is 0.0751 e. The van der Waals surface area contributed by atoms with Crippen LogP contribution in [0.3, 0.4) is 0 Å². The van der Waals surface area contributed by atoms with Gasteiger partial charge in [0, 0.05) is 29.2 Å². The van der Waals surface area contributed by atoms with Crippen LogP contribution in [0.5, 0.6) is 0 Å². The molecule has 0 aliphatic carbocycles. The minimum absolute atomic E-state index is 0.748. The van der Waals surface area contributed by atoms with E-state index in [1.54, 1.807) is 0 Å². The molecular weight excluding hydrogens is 260 g/mol. The number of hydrogen-bond donors (Lipinski definition) is 2. The van der Waals surface area contributed by atoms with Gasteiger partial charge in [-0.3, -0.25) is 10.1 Å². The van der Waals surface area contributed by atoms with Gasteiger partial charge in [-0.1, -0.05) is 24.3 Å². The normalized spacial score (nSPS) is 11.0. The van der Waals surface area contributed by atoms with Crippen LogP contribution in [-0.4, -0.2) is 15.2 Å². The van der Waals surface area contributed by atoms with Gasteiger partial charge in [0.15, 0.2) is 0 Å². The zero-order chi connectivity index (χ0) is 14.1. The van der Waals surface area contributed by atoms with E-state index >= 15 is 0 Å². The third kappa shape index (κ3) is 2.21. The number of rotatable bonds is 3. The van der Waals surface area contributed by atoms with Crippen molar-refractivity contribution < 1.29 is 0 Å². The number of H-pyrrole nitrogens is 1. The van der Waals surface area contributed by atoms with E-state index in [1.807, 2.05) is 24.5 Å². The number of anilines is 1. The Bertz CT molecular complexity index is 905. The van der Waals surface area contributed by atoms with Gasteiger partial charge in [-0.25, -0.2) is 0 Å². The lowest BCUT2D eigenvalue weighted by atomic mass is 10.1. The van der Waals surface area contributed by atoms with Crippen LogP contribution in [0.1, 0.15) is 5.56 Å². The Hall–Kier alpha value is -2.88. The molecule has 0 bridgehead atoms. The molecule has 2 N–H and O–H groups in total. The summed E-state index contributed by atoms with van der Waals surface area (Å²) in [5, 5.41) is 12.7. The van der Waals surface area contributed by atoms with E-state index in [0.717, 1.165) is 28.7 Å². The molecule has 0 atom stereocenters. The van der Waals surface area contributed by atoms with Crippen molar-refractivity contribution in [3.05, 3.63) is 66.5 Å². The first-order valence-corrected chi connectivity index (χ1v) is 6.90. The second-order valence-electron chi connectivity index (χ2n) is 5.02. The zero-order valence-electron chi connectivity index (χ0n) is 11.4. The molecule has 0 saturated carbocycles. The van der Waals surface area contributed by atoms with Crippen molar-refractivity contribution in [3.63, 3.8) is 0 Å². The standard InChI is InChI=1S/C17H14N4/c1-3-12-5-2-8-18-17(12)13(4-1)10-19-15-6-7-16-14(9-15)11-20-21-16/h1-9,11,19H,10H2,(H,20,21). The minimum Gasteiger partial charge on any atom is -0.381 e. The Morgan fingerprint density at radius 1 is 1.00 bits per heavy atom. The van der Waals surface area contributed by atoms with Gasteiger partial charge in [0.1, 0.15) is 0 Å². The van der Waals surface area contributed by atoms with Crippen LogP contribution < -0.4 is 5.32 Å². The fourth-order valence-electron chi connectivity index (χ4n) is 2.56. The first-order chi connectivity index (χ1) is 10.4. The highest BCUT2D eigenvalue weighted by molar-refractivity contribution is 5.83. The second kappa shape index (κ2) is 4.90. The topological polar surface area (TPSA) is 53.6 Å². The predicted molar refractivity (Wildman–Crippen MR) is 85.2 cm³/mol. The summed E-state index contributed by atoms with van der Waals surface area (Å²) in [6.07, 6.45) is 3.67. The molecule has 0 saturated heterocycles. The number of benzene rings is 2. The minimum atomic E-state index is 0.748. The SMILES string of the molecule is c1cnc2c(CNc3ccc4[nH]ncc4c3)cccc2c1. The number of hydrogen-bond acceptors (Lipinski definition) is 3. The number of pyridine rings is 1. The third-order valence-electron chi connectivity index (χ3n) is 3.64. The largest absolute Gasteiger partial charge is 0.381 e. The molecule has 2 heterocycles.